The van der Waals surface area contributed by atoms with E-state index in [1.807, 2.05) is 0 Å². The van der Waals surface area contributed by atoms with Gasteiger partial charge in [0, 0.05) is 0 Å². The van der Waals surface area contributed by atoms with Crippen molar-refractivity contribution in [3.63, 3.8) is 0 Å². The maximum absolute atomic E-state index is 14.0. The zero-order chi connectivity index (χ0) is 14.4. The number of amides is 1. The van der Waals surface area contributed by atoms with E-state index in [0.29, 0.717) is 17.5 Å². The highest BCUT2D eigenvalue weighted by Gasteiger charge is 2.61. The summed E-state index contributed by atoms with van der Waals surface area (Å²) in [5, 5.41) is 11.9. The van der Waals surface area contributed by atoms with Gasteiger partial charge in [0.05, 0.1) is 17.5 Å². The number of H-pyrrole nitrogens is 1. The lowest BCUT2D eigenvalue weighted by Gasteiger charge is -2.41. The number of halogens is 2. The second kappa shape index (κ2) is 4.24. The van der Waals surface area contributed by atoms with E-state index >= 15 is 0 Å². The number of hydrogen-bond donors (Lipinski definition) is 3. The van der Waals surface area contributed by atoms with Gasteiger partial charge in [0.25, 0.3) is 5.91 Å². The third kappa shape index (κ3) is 1.77. The fourth-order valence-corrected chi connectivity index (χ4v) is 2.30. The first-order chi connectivity index (χ1) is 9.44. The Morgan fingerprint density at radius 1 is 1.45 bits per heavy atom. The topological polar surface area (TPSA) is 78.0 Å². The quantitative estimate of drug-likeness (QED) is 0.805. The Hall–Kier alpha value is -2.02. The molecule has 0 unspecified atom stereocenters. The lowest BCUT2D eigenvalue weighted by atomic mass is 9.75. The Balaban J connectivity index is 1.87. The van der Waals surface area contributed by atoms with Gasteiger partial charge in [0.1, 0.15) is 11.1 Å². The number of aliphatic hydroxyl groups is 1. The van der Waals surface area contributed by atoms with Gasteiger partial charge in [-0.3, -0.25) is 4.79 Å². The third-order valence-corrected chi connectivity index (χ3v) is 3.75. The number of benzene rings is 1. The molecule has 0 atom stereocenters. The summed E-state index contributed by atoms with van der Waals surface area (Å²) in [7, 11) is 0. The van der Waals surface area contributed by atoms with Gasteiger partial charge in [0.15, 0.2) is 0 Å². The van der Waals surface area contributed by atoms with Crippen LogP contribution in [0.3, 0.4) is 0 Å². The second-order valence-electron chi connectivity index (χ2n) is 5.02. The zero-order valence-corrected chi connectivity index (χ0v) is 10.5. The number of aromatic nitrogens is 2. The minimum atomic E-state index is -3.82. The predicted molar refractivity (Wildman–Crippen MR) is 68.5 cm³/mol. The number of nitrogens with one attached hydrogen (secondary N) is 2. The number of hydrogen-bond acceptors (Lipinski definition) is 3. The molecule has 0 aliphatic heterocycles. The molecule has 20 heavy (non-hydrogen) atoms. The average molecular weight is 281 g/mol. The van der Waals surface area contributed by atoms with E-state index in [1.165, 1.54) is 12.4 Å². The van der Waals surface area contributed by atoms with Crippen LogP contribution in [0.15, 0.2) is 24.5 Å². The zero-order valence-electron chi connectivity index (χ0n) is 10.5. The molecular weight excluding hydrogens is 268 g/mol. The maximum Gasteiger partial charge on any atom is 0.352 e. The highest BCUT2D eigenvalue weighted by atomic mass is 19.3. The van der Waals surface area contributed by atoms with E-state index < -0.39 is 17.4 Å². The first kappa shape index (κ1) is 13.0. The summed E-state index contributed by atoms with van der Waals surface area (Å²) in [6, 6.07) is 4.82. The number of carbonyl (C=O) groups is 1. The summed E-state index contributed by atoms with van der Waals surface area (Å²) in [4.78, 5) is 18.6. The number of alkyl halides is 2. The number of para-hydroxylation sites is 1. The second-order valence-corrected chi connectivity index (χ2v) is 5.02. The van der Waals surface area contributed by atoms with Crippen molar-refractivity contribution in [2.24, 2.45) is 0 Å². The number of fused-ring (bicyclic) bond motifs is 1. The molecule has 1 aliphatic rings. The van der Waals surface area contributed by atoms with Crippen molar-refractivity contribution in [1.82, 2.24) is 9.97 Å². The molecule has 0 bridgehead atoms. The molecule has 1 amide bonds. The van der Waals surface area contributed by atoms with E-state index in [1.54, 1.807) is 12.1 Å². The maximum atomic E-state index is 14.0. The molecule has 5 nitrogen and oxygen atoms in total. The molecule has 1 fully saturated rings. The summed E-state index contributed by atoms with van der Waals surface area (Å²) >= 11 is 0. The van der Waals surface area contributed by atoms with Gasteiger partial charge in [-0.1, -0.05) is 6.07 Å². The van der Waals surface area contributed by atoms with E-state index in [-0.39, 0.29) is 18.5 Å². The van der Waals surface area contributed by atoms with Gasteiger partial charge in [0.2, 0.25) is 0 Å². The Bertz CT molecular complexity index is 664. The lowest BCUT2D eigenvalue weighted by molar-refractivity contribution is -0.212. The SMILES string of the molecule is O=C(Nc1cccc2[nH]cnc12)C(F)(F)C1(O)CCC1. The Kier molecular flexibility index (Phi) is 2.75. The first-order valence-corrected chi connectivity index (χ1v) is 6.28. The van der Waals surface area contributed by atoms with Crippen LogP contribution in [0.5, 0.6) is 0 Å². The van der Waals surface area contributed by atoms with Gasteiger partial charge < -0.3 is 15.4 Å². The molecule has 3 rings (SSSR count). The molecule has 1 aromatic heterocycles. The molecule has 106 valence electrons. The summed E-state index contributed by atoms with van der Waals surface area (Å²) in [6.45, 7) is 0. The number of anilines is 1. The van der Waals surface area contributed by atoms with E-state index in [2.05, 4.69) is 15.3 Å². The summed E-state index contributed by atoms with van der Waals surface area (Å²) in [6.07, 6.45) is 1.77. The van der Waals surface area contributed by atoms with Crippen LogP contribution in [0.25, 0.3) is 11.0 Å². The van der Waals surface area contributed by atoms with Crippen LogP contribution >= 0.6 is 0 Å². The van der Waals surface area contributed by atoms with Crippen LogP contribution in [0, 0.1) is 0 Å². The molecule has 1 aliphatic carbocycles. The largest absolute Gasteiger partial charge is 0.383 e. The fraction of sp³-hybridized carbons (Fsp3) is 0.385. The minimum absolute atomic E-state index is 0.0694. The lowest BCUT2D eigenvalue weighted by Crippen LogP contribution is -2.59. The van der Waals surface area contributed by atoms with Gasteiger partial charge in [-0.2, -0.15) is 8.78 Å². The molecule has 3 N–H and O–H groups in total. The highest BCUT2D eigenvalue weighted by Crippen LogP contribution is 2.44. The monoisotopic (exact) mass is 281 g/mol. The van der Waals surface area contributed by atoms with Gasteiger partial charge in [-0.05, 0) is 31.4 Å². The molecule has 0 spiro atoms. The molecule has 1 heterocycles. The van der Waals surface area contributed by atoms with Gasteiger partial charge in [-0.15, -0.1) is 0 Å². The smallest absolute Gasteiger partial charge is 0.352 e. The van der Waals surface area contributed by atoms with Crippen molar-refractivity contribution >= 4 is 22.6 Å². The molecule has 2 aromatic rings. The Morgan fingerprint density at radius 2 is 2.20 bits per heavy atom. The van der Waals surface area contributed by atoms with Crippen LogP contribution in [0.1, 0.15) is 19.3 Å². The van der Waals surface area contributed by atoms with Crippen molar-refractivity contribution in [2.45, 2.75) is 30.8 Å². The van der Waals surface area contributed by atoms with Gasteiger partial charge in [-0.25, -0.2) is 4.98 Å². The number of aromatic amines is 1. The number of imidazole rings is 1. The Morgan fingerprint density at radius 3 is 2.85 bits per heavy atom. The summed E-state index contributed by atoms with van der Waals surface area (Å²) < 4.78 is 27.9. The Labute approximate surface area is 113 Å². The predicted octanol–water partition coefficient (Wildman–Crippen LogP) is 2.05. The average Bonchev–Trinajstić information content (AvgIpc) is 2.85. The summed E-state index contributed by atoms with van der Waals surface area (Å²) in [5.74, 6) is -5.32. The molecule has 1 aromatic carbocycles. The summed E-state index contributed by atoms with van der Waals surface area (Å²) in [5.41, 5.74) is -1.00. The van der Waals surface area contributed by atoms with Crippen LogP contribution in [0.2, 0.25) is 0 Å². The highest BCUT2D eigenvalue weighted by molar-refractivity contribution is 6.02. The van der Waals surface area contributed by atoms with E-state index in [4.69, 9.17) is 0 Å². The van der Waals surface area contributed by atoms with Crippen LogP contribution < -0.4 is 5.32 Å². The number of nitrogens with zero attached hydrogens (tertiary/aromatic N) is 1. The molecule has 0 radical (unpaired) electrons. The van der Waals surface area contributed by atoms with Crippen molar-refractivity contribution in [3.8, 4) is 0 Å². The van der Waals surface area contributed by atoms with Crippen LogP contribution in [-0.2, 0) is 4.79 Å². The molecule has 0 saturated heterocycles. The molecule has 1 saturated carbocycles. The van der Waals surface area contributed by atoms with Crippen LogP contribution in [-0.4, -0.2) is 32.5 Å². The van der Waals surface area contributed by atoms with Crippen molar-refractivity contribution in [1.29, 1.82) is 0 Å². The fourth-order valence-electron chi connectivity index (χ4n) is 2.30. The van der Waals surface area contributed by atoms with E-state index in [9.17, 15) is 18.7 Å². The molecule has 7 heteroatoms. The van der Waals surface area contributed by atoms with Crippen molar-refractivity contribution in [2.75, 3.05) is 5.32 Å². The van der Waals surface area contributed by atoms with E-state index in [0.717, 1.165) is 0 Å². The number of rotatable bonds is 3. The normalized spacial score (nSPS) is 17.8. The minimum Gasteiger partial charge on any atom is -0.383 e. The van der Waals surface area contributed by atoms with Crippen molar-refractivity contribution < 1.29 is 18.7 Å². The first-order valence-electron chi connectivity index (χ1n) is 6.28. The molecular formula is C13H13F2N3O2. The van der Waals surface area contributed by atoms with Crippen LogP contribution in [0.4, 0.5) is 14.5 Å². The van der Waals surface area contributed by atoms with Crippen molar-refractivity contribution in [3.05, 3.63) is 24.5 Å². The third-order valence-electron chi connectivity index (χ3n) is 3.75. The number of carbonyl (C=O) groups excluding carboxylic acids is 1. The standard InChI is InChI=1S/C13H13F2N3O2/c14-13(15,12(20)5-2-6-12)11(19)18-9-4-1-3-8-10(9)17-7-16-8/h1,3-4,7,20H,2,5-6H2,(H,16,17)(H,18,19). The van der Waals surface area contributed by atoms with Gasteiger partial charge >= 0.3 is 5.92 Å².